The first-order valence-electron chi connectivity index (χ1n) is 7.18. The molecule has 1 atom stereocenters. The highest BCUT2D eigenvalue weighted by molar-refractivity contribution is 9.09. The van der Waals surface area contributed by atoms with Gasteiger partial charge in [0.25, 0.3) is 0 Å². The Morgan fingerprint density at radius 1 is 1.26 bits per heavy atom. The molecule has 106 valence electrons. The summed E-state index contributed by atoms with van der Waals surface area (Å²) in [6.07, 6.45) is 9.60. The average molecular weight is 346 g/mol. The molecular formula is C16H22BrClO. The van der Waals surface area contributed by atoms with Crippen LogP contribution in [0.5, 0.6) is 5.75 Å². The van der Waals surface area contributed by atoms with Crippen LogP contribution in [0.2, 0.25) is 5.02 Å². The summed E-state index contributed by atoms with van der Waals surface area (Å²) >= 11 is 10.0. The van der Waals surface area contributed by atoms with E-state index in [0.29, 0.717) is 9.85 Å². The van der Waals surface area contributed by atoms with Crippen LogP contribution in [-0.2, 0) is 0 Å². The van der Waals surface area contributed by atoms with E-state index in [1.54, 1.807) is 7.11 Å². The van der Waals surface area contributed by atoms with Crippen molar-refractivity contribution in [1.29, 1.82) is 0 Å². The highest BCUT2D eigenvalue weighted by Crippen LogP contribution is 2.37. The van der Waals surface area contributed by atoms with Gasteiger partial charge in [-0.2, -0.15) is 0 Å². The maximum Gasteiger partial charge on any atom is 0.137 e. The Hall–Kier alpha value is -0.210. The van der Waals surface area contributed by atoms with E-state index in [4.69, 9.17) is 16.3 Å². The molecule has 0 heterocycles. The minimum absolute atomic E-state index is 0.402. The molecule has 2 rings (SSSR count). The molecule has 0 spiro atoms. The van der Waals surface area contributed by atoms with Crippen molar-refractivity contribution in [2.75, 3.05) is 7.11 Å². The monoisotopic (exact) mass is 344 g/mol. The zero-order valence-corrected chi connectivity index (χ0v) is 13.8. The van der Waals surface area contributed by atoms with E-state index in [1.165, 1.54) is 50.5 Å². The Kier molecular flexibility index (Phi) is 6.03. The second kappa shape index (κ2) is 7.54. The number of halogens is 2. The first kappa shape index (κ1) is 15.2. The number of benzene rings is 1. The third-order valence-electron chi connectivity index (χ3n) is 4.05. The molecule has 19 heavy (non-hydrogen) atoms. The van der Waals surface area contributed by atoms with Crippen molar-refractivity contribution in [2.24, 2.45) is 5.92 Å². The van der Waals surface area contributed by atoms with Crippen molar-refractivity contribution in [3.63, 3.8) is 0 Å². The Morgan fingerprint density at radius 2 is 1.95 bits per heavy atom. The molecule has 3 heteroatoms. The van der Waals surface area contributed by atoms with Gasteiger partial charge in [0.05, 0.1) is 12.1 Å². The number of hydrogen-bond donors (Lipinski definition) is 0. The van der Waals surface area contributed by atoms with Crippen LogP contribution in [0.15, 0.2) is 18.2 Å². The Bertz CT molecular complexity index is 400. The number of alkyl halides is 1. The molecule has 1 saturated carbocycles. The molecule has 1 aliphatic carbocycles. The maximum absolute atomic E-state index is 6.20. The van der Waals surface area contributed by atoms with Gasteiger partial charge in [-0.15, -0.1) is 0 Å². The highest BCUT2D eigenvalue weighted by atomic mass is 79.9. The highest BCUT2D eigenvalue weighted by Gasteiger charge is 2.18. The molecule has 0 aromatic heterocycles. The molecular weight excluding hydrogens is 324 g/mol. The number of ether oxygens (including phenoxy) is 1. The zero-order valence-electron chi connectivity index (χ0n) is 11.5. The normalized spacial score (nSPS) is 18.9. The van der Waals surface area contributed by atoms with Gasteiger partial charge in [-0.25, -0.2) is 0 Å². The molecule has 0 N–H and O–H groups in total. The van der Waals surface area contributed by atoms with Gasteiger partial charge in [0, 0.05) is 4.83 Å². The number of hydrogen-bond acceptors (Lipinski definition) is 1. The first-order chi connectivity index (χ1) is 9.20. The Balaban J connectivity index is 1.98. The summed E-state index contributed by atoms with van der Waals surface area (Å²) in [6.45, 7) is 0. The molecule has 1 aliphatic rings. The van der Waals surface area contributed by atoms with Crippen LogP contribution in [0.4, 0.5) is 0 Å². The SMILES string of the molecule is COc1ccc(C(Br)CC2CCCCCC2)cc1Cl. The molecule has 0 amide bonds. The molecule has 0 aliphatic heterocycles. The number of rotatable bonds is 4. The van der Waals surface area contributed by atoms with Crippen molar-refractivity contribution in [3.05, 3.63) is 28.8 Å². The van der Waals surface area contributed by atoms with Crippen molar-refractivity contribution in [2.45, 2.75) is 49.8 Å². The van der Waals surface area contributed by atoms with E-state index in [1.807, 2.05) is 12.1 Å². The van der Waals surface area contributed by atoms with Gasteiger partial charge < -0.3 is 4.74 Å². The van der Waals surface area contributed by atoms with Gasteiger partial charge in [-0.3, -0.25) is 0 Å². The molecule has 0 bridgehead atoms. The third kappa shape index (κ3) is 4.39. The summed E-state index contributed by atoms with van der Waals surface area (Å²) in [5.41, 5.74) is 1.26. The molecule has 1 aromatic carbocycles. The molecule has 1 aromatic rings. The lowest BCUT2D eigenvalue weighted by atomic mass is 9.93. The quantitative estimate of drug-likeness (QED) is 0.470. The summed E-state index contributed by atoms with van der Waals surface area (Å²) in [7, 11) is 1.65. The van der Waals surface area contributed by atoms with Crippen molar-refractivity contribution >= 4 is 27.5 Å². The zero-order chi connectivity index (χ0) is 13.7. The van der Waals surface area contributed by atoms with Crippen LogP contribution in [0.1, 0.15) is 55.3 Å². The van der Waals surface area contributed by atoms with Crippen LogP contribution in [0.25, 0.3) is 0 Å². The van der Waals surface area contributed by atoms with E-state index >= 15 is 0 Å². The van der Waals surface area contributed by atoms with E-state index in [2.05, 4.69) is 22.0 Å². The van der Waals surface area contributed by atoms with Gasteiger partial charge in [-0.05, 0) is 30.0 Å². The van der Waals surface area contributed by atoms with Crippen LogP contribution in [-0.4, -0.2) is 7.11 Å². The second-order valence-electron chi connectivity index (χ2n) is 5.45. The lowest BCUT2D eigenvalue weighted by Crippen LogP contribution is -2.03. The van der Waals surface area contributed by atoms with Crippen LogP contribution >= 0.6 is 27.5 Å². The summed E-state index contributed by atoms with van der Waals surface area (Å²) in [4.78, 5) is 0.402. The van der Waals surface area contributed by atoms with E-state index in [0.717, 1.165) is 11.7 Å². The molecule has 1 unspecified atom stereocenters. The maximum atomic E-state index is 6.20. The lowest BCUT2D eigenvalue weighted by molar-refractivity contribution is 0.414. The molecule has 1 nitrogen and oxygen atoms in total. The van der Waals surface area contributed by atoms with Crippen LogP contribution in [0, 0.1) is 5.92 Å². The fraction of sp³-hybridized carbons (Fsp3) is 0.625. The smallest absolute Gasteiger partial charge is 0.137 e. The van der Waals surface area contributed by atoms with E-state index in [-0.39, 0.29) is 0 Å². The van der Waals surface area contributed by atoms with E-state index in [9.17, 15) is 0 Å². The fourth-order valence-electron chi connectivity index (χ4n) is 2.91. The van der Waals surface area contributed by atoms with Crippen molar-refractivity contribution in [1.82, 2.24) is 0 Å². The van der Waals surface area contributed by atoms with Crippen LogP contribution < -0.4 is 4.74 Å². The van der Waals surface area contributed by atoms with Gasteiger partial charge in [0.15, 0.2) is 0 Å². The predicted molar refractivity (Wildman–Crippen MR) is 85.5 cm³/mol. The first-order valence-corrected chi connectivity index (χ1v) is 8.47. The molecule has 0 radical (unpaired) electrons. The average Bonchev–Trinajstić information content (AvgIpc) is 2.67. The fourth-order valence-corrected chi connectivity index (χ4v) is 3.99. The summed E-state index contributed by atoms with van der Waals surface area (Å²) < 4.78 is 5.20. The van der Waals surface area contributed by atoms with Gasteiger partial charge in [-0.1, -0.05) is 72.1 Å². The minimum atomic E-state index is 0.402. The van der Waals surface area contributed by atoms with Gasteiger partial charge in [0.2, 0.25) is 0 Å². The summed E-state index contributed by atoms with van der Waals surface area (Å²) in [5.74, 6) is 1.60. The standard InChI is InChI=1S/C16H22BrClO/c1-19-16-9-8-13(11-15(16)18)14(17)10-12-6-4-2-3-5-7-12/h8-9,11-12,14H,2-7,10H2,1H3. The Labute approximate surface area is 129 Å². The predicted octanol–water partition coefficient (Wildman–Crippen LogP) is 6.15. The summed E-state index contributed by atoms with van der Waals surface area (Å²) in [5, 5.41) is 0.699. The second-order valence-corrected chi connectivity index (χ2v) is 6.97. The van der Waals surface area contributed by atoms with E-state index < -0.39 is 0 Å². The molecule has 0 saturated heterocycles. The van der Waals surface area contributed by atoms with Crippen LogP contribution in [0.3, 0.4) is 0 Å². The summed E-state index contributed by atoms with van der Waals surface area (Å²) in [6, 6.07) is 6.09. The van der Waals surface area contributed by atoms with Gasteiger partial charge in [0.1, 0.15) is 5.75 Å². The minimum Gasteiger partial charge on any atom is -0.495 e. The van der Waals surface area contributed by atoms with Crippen molar-refractivity contribution < 1.29 is 4.74 Å². The topological polar surface area (TPSA) is 9.23 Å². The molecule has 1 fully saturated rings. The number of methoxy groups -OCH3 is 1. The Morgan fingerprint density at radius 3 is 2.53 bits per heavy atom. The lowest BCUT2D eigenvalue weighted by Gasteiger charge is -2.19. The third-order valence-corrected chi connectivity index (χ3v) is 5.25. The van der Waals surface area contributed by atoms with Gasteiger partial charge >= 0.3 is 0 Å². The largest absolute Gasteiger partial charge is 0.495 e. The van der Waals surface area contributed by atoms with Crippen molar-refractivity contribution in [3.8, 4) is 5.75 Å².